The Bertz CT molecular complexity index is 1340. The molecule has 0 fully saturated rings. The van der Waals surface area contributed by atoms with Crippen molar-refractivity contribution in [3.63, 3.8) is 0 Å². The highest BCUT2D eigenvalue weighted by Crippen LogP contribution is 2.29. The Morgan fingerprint density at radius 2 is 1.94 bits per heavy atom. The van der Waals surface area contributed by atoms with Gasteiger partial charge in [0.05, 0.1) is 11.8 Å². The molecule has 4 rings (SSSR count). The van der Waals surface area contributed by atoms with Crippen molar-refractivity contribution in [2.24, 2.45) is 0 Å². The summed E-state index contributed by atoms with van der Waals surface area (Å²) in [6, 6.07) is 4.63. The minimum Gasteiger partial charge on any atom is -0.350 e. The first-order valence-corrected chi connectivity index (χ1v) is 9.22. The predicted octanol–water partition coefficient (Wildman–Crippen LogP) is 1.98. The third-order valence-electron chi connectivity index (χ3n) is 4.43. The van der Waals surface area contributed by atoms with E-state index in [1.807, 2.05) is 0 Å². The summed E-state index contributed by atoms with van der Waals surface area (Å²) in [5.41, 5.74) is -0.516. The van der Waals surface area contributed by atoms with Crippen molar-refractivity contribution in [3.05, 3.63) is 76.9 Å². The van der Waals surface area contributed by atoms with Gasteiger partial charge in [0.25, 0.3) is 5.56 Å². The standard InChI is InChI=1S/C20H14F3N7O2/c21-20(22,23)13-3-1-2-12(6-13)7-26-16(31)10-30-11-28-17-14(19(30)32)8-27-18(29-17)15-9-24-4-5-25-15/h1-6,8-9,11H,7,10H2,(H,26,31). The van der Waals surface area contributed by atoms with E-state index in [1.54, 1.807) is 0 Å². The molecule has 0 unspecified atom stereocenters. The summed E-state index contributed by atoms with van der Waals surface area (Å²) in [6.07, 6.45) is 2.43. The number of alkyl halides is 3. The summed E-state index contributed by atoms with van der Waals surface area (Å²) in [5, 5.41) is 2.59. The zero-order valence-electron chi connectivity index (χ0n) is 16.2. The third-order valence-corrected chi connectivity index (χ3v) is 4.43. The minimum absolute atomic E-state index is 0.103. The Balaban J connectivity index is 1.48. The Kier molecular flexibility index (Phi) is 5.58. The van der Waals surface area contributed by atoms with Gasteiger partial charge in [0.1, 0.15) is 24.0 Å². The molecule has 9 nitrogen and oxygen atoms in total. The zero-order chi connectivity index (χ0) is 22.7. The molecular weight excluding hydrogens is 427 g/mol. The molecule has 1 amide bonds. The van der Waals surface area contributed by atoms with E-state index in [-0.39, 0.29) is 35.5 Å². The van der Waals surface area contributed by atoms with Crippen LogP contribution in [0.1, 0.15) is 11.1 Å². The number of carbonyl (C=O) groups excluding carboxylic acids is 1. The molecule has 0 saturated heterocycles. The number of nitrogens with one attached hydrogen (secondary N) is 1. The summed E-state index contributed by atoms with van der Waals surface area (Å²) >= 11 is 0. The molecule has 4 aromatic rings. The molecule has 0 aliphatic carbocycles. The van der Waals surface area contributed by atoms with Crippen molar-refractivity contribution < 1.29 is 18.0 Å². The van der Waals surface area contributed by atoms with Gasteiger partial charge in [0.2, 0.25) is 5.91 Å². The third kappa shape index (κ3) is 4.58. The minimum atomic E-state index is -4.47. The van der Waals surface area contributed by atoms with E-state index in [9.17, 15) is 22.8 Å². The largest absolute Gasteiger partial charge is 0.416 e. The van der Waals surface area contributed by atoms with Crippen LogP contribution in [0, 0.1) is 0 Å². The Labute approximate surface area is 178 Å². The van der Waals surface area contributed by atoms with E-state index < -0.39 is 23.2 Å². The topological polar surface area (TPSA) is 116 Å². The number of halogens is 3. The van der Waals surface area contributed by atoms with Gasteiger partial charge < -0.3 is 5.32 Å². The molecule has 0 bridgehead atoms. The number of benzene rings is 1. The van der Waals surface area contributed by atoms with Crippen LogP contribution in [-0.4, -0.2) is 35.4 Å². The fourth-order valence-electron chi connectivity index (χ4n) is 2.87. The van der Waals surface area contributed by atoms with Gasteiger partial charge in [-0.2, -0.15) is 13.2 Å². The van der Waals surface area contributed by atoms with Crippen molar-refractivity contribution >= 4 is 16.9 Å². The molecule has 1 aromatic carbocycles. The second kappa shape index (κ2) is 8.49. The second-order valence-corrected chi connectivity index (χ2v) is 6.67. The highest BCUT2D eigenvalue weighted by molar-refractivity contribution is 5.77. The van der Waals surface area contributed by atoms with Gasteiger partial charge in [-0.05, 0) is 17.7 Å². The van der Waals surface area contributed by atoms with Gasteiger partial charge in [-0.1, -0.05) is 12.1 Å². The van der Waals surface area contributed by atoms with Crippen LogP contribution in [-0.2, 0) is 24.1 Å². The van der Waals surface area contributed by atoms with Crippen LogP contribution in [0.5, 0.6) is 0 Å². The Hall–Kier alpha value is -4.22. The molecule has 3 heterocycles. The first-order valence-electron chi connectivity index (χ1n) is 9.22. The lowest BCUT2D eigenvalue weighted by molar-refractivity contribution is -0.137. The molecule has 0 aliphatic rings. The summed E-state index contributed by atoms with van der Waals surface area (Å²) < 4.78 is 39.5. The fourth-order valence-corrected chi connectivity index (χ4v) is 2.87. The highest BCUT2D eigenvalue weighted by Gasteiger charge is 2.30. The van der Waals surface area contributed by atoms with Crippen molar-refractivity contribution in [3.8, 4) is 11.5 Å². The van der Waals surface area contributed by atoms with Gasteiger partial charge in [-0.3, -0.25) is 19.1 Å². The van der Waals surface area contributed by atoms with Gasteiger partial charge in [-0.15, -0.1) is 0 Å². The van der Waals surface area contributed by atoms with Crippen LogP contribution in [0.25, 0.3) is 22.6 Å². The van der Waals surface area contributed by atoms with E-state index in [0.717, 1.165) is 16.7 Å². The molecule has 162 valence electrons. The van der Waals surface area contributed by atoms with Crippen LogP contribution < -0.4 is 10.9 Å². The highest BCUT2D eigenvalue weighted by atomic mass is 19.4. The van der Waals surface area contributed by atoms with Crippen molar-refractivity contribution in [1.29, 1.82) is 0 Å². The molecule has 0 atom stereocenters. The number of nitrogens with zero attached hydrogens (tertiary/aromatic N) is 6. The first kappa shape index (κ1) is 21.0. The first-order chi connectivity index (χ1) is 15.3. The summed E-state index contributed by atoms with van der Waals surface area (Å²) in [4.78, 5) is 45.3. The van der Waals surface area contributed by atoms with Crippen molar-refractivity contribution in [2.75, 3.05) is 0 Å². The normalized spacial score (nSPS) is 11.5. The number of hydrogen-bond acceptors (Lipinski definition) is 7. The van der Waals surface area contributed by atoms with Crippen LogP contribution >= 0.6 is 0 Å². The molecular formula is C20H14F3N7O2. The number of carbonyl (C=O) groups is 1. The Morgan fingerprint density at radius 1 is 1.09 bits per heavy atom. The van der Waals surface area contributed by atoms with E-state index >= 15 is 0 Å². The van der Waals surface area contributed by atoms with Crippen LogP contribution in [0.15, 0.2) is 60.2 Å². The van der Waals surface area contributed by atoms with Crippen LogP contribution in [0.4, 0.5) is 13.2 Å². The van der Waals surface area contributed by atoms with Crippen LogP contribution in [0.3, 0.4) is 0 Å². The van der Waals surface area contributed by atoms with Crippen LogP contribution in [0.2, 0.25) is 0 Å². The smallest absolute Gasteiger partial charge is 0.350 e. The number of hydrogen-bond donors (Lipinski definition) is 1. The van der Waals surface area contributed by atoms with E-state index in [0.29, 0.717) is 5.69 Å². The lowest BCUT2D eigenvalue weighted by Gasteiger charge is -2.10. The summed E-state index contributed by atoms with van der Waals surface area (Å²) in [6.45, 7) is -0.490. The maximum Gasteiger partial charge on any atom is 0.416 e. The van der Waals surface area contributed by atoms with Crippen molar-refractivity contribution in [2.45, 2.75) is 19.3 Å². The van der Waals surface area contributed by atoms with E-state index in [4.69, 9.17) is 0 Å². The van der Waals surface area contributed by atoms with Crippen molar-refractivity contribution in [1.82, 2.24) is 34.8 Å². The maximum atomic E-state index is 12.8. The number of amides is 1. The molecule has 0 aliphatic heterocycles. The summed E-state index contributed by atoms with van der Waals surface area (Å²) in [7, 11) is 0. The molecule has 0 spiro atoms. The summed E-state index contributed by atoms with van der Waals surface area (Å²) in [5.74, 6) is -0.322. The maximum absolute atomic E-state index is 12.8. The Morgan fingerprint density at radius 3 is 2.69 bits per heavy atom. The van der Waals surface area contributed by atoms with Gasteiger partial charge in [0.15, 0.2) is 11.5 Å². The molecule has 32 heavy (non-hydrogen) atoms. The monoisotopic (exact) mass is 441 g/mol. The average molecular weight is 441 g/mol. The second-order valence-electron chi connectivity index (χ2n) is 6.67. The lowest BCUT2D eigenvalue weighted by Crippen LogP contribution is -2.32. The quantitative estimate of drug-likeness (QED) is 0.504. The SMILES string of the molecule is O=C(Cn1cnc2nc(-c3cnccn3)ncc2c1=O)NCc1cccc(C(F)(F)F)c1. The molecule has 1 N–H and O–H groups in total. The number of fused-ring (bicyclic) bond motifs is 1. The van der Waals surface area contributed by atoms with Gasteiger partial charge in [-0.25, -0.2) is 19.9 Å². The lowest BCUT2D eigenvalue weighted by atomic mass is 10.1. The van der Waals surface area contributed by atoms with E-state index in [2.05, 4.69) is 30.2 Å². The predicted molar refractivity (Wildman–Crippen MR) is 106 cm³/mol. The molecule has 0 saturated carbocycles. The molecule has 12 heteroatoms. The van der Waals surface area contributed by atoms with Gasteiger partial charge >= 0.3 is 6.18 Å². The molecule has 0 radical (unpaired) electrons. The average Bonchev–Trinajstić information content (AvgIpc) is 2.79. The molecule has 3 aromatic heterocycles. The van der Waals surface area contributed by atoms with Gasteiger partial charge in [0, 0.05) is 25.1 Å². The van der Waals surface area contributed by atoms with E-state index in [1.165, 1.54) is 43.2 Å². The number of rotatable bonds is 5. The zero-order valence-corrected chi connectivity index (χ0v) is 16.2. The number of aromatic nitrogens is 6. The fraction of sp³-hybridized carbons (Fsp3) is 0.150.